The van der Waals surface area contributed by atoms with Crippen molar-refractivity contribution >= 4 is 15.9 Å². The van der Waals surface area contributed by atoms with Crippen molar-refractivity contribution in [3.05, 3.63) is 30.1 Å². The molecule has 0 spiro atoms. The van der Waals surface area contributed by atoms with Gasteiger partial charge in [-0.15, -0.1) is 0 Å². The third kappa shape index (κ3) is 4.86. The number of likely N-dealkylation sites (tertiary alicyclic amines) is 1. The lowest BCUT2D eigenvalue weighted by molar-refractivity contribution is -0.904. The van der Waals surface area contributed by atoms with E-state index < -0.39 is 15.8 Å². The van der Waals surface area contributed by atoms with Crippen molar-refractivity contribution in [3.63, 3.8) is 0 Å². The average Bonchev–Trinajstić information content (AvgIpc) is 2.61. The van der Waals surface area contributed by atoms with Gasteiger partial charge in [0.15, 0.2) is 6.54 Å². The molecule has 0 unspecified atom stereocenters. The Labute approximate surface area is 161 Å². The SMILES string of the molecule is C[C@H]1C[C@H](C)C[NH+](CC(=O)N2CCN(S(=O)(=O)c3ccc(F)cc3)CC2)C1. The molecule has 1 aromatic carbocycles. The Hall–Kier alpha value is -1.51. The molecule has 2 fully saturated rings. The molecule has 2 aliphatic heterocycles. The standard InChI is InChI=1S/C19H28FN3O3S/c1-15-11-16(2)13-21(12-15)14-19(24)22-7-9-23(10-8-22)27(25,26)18-5-3-17(20)4-6-18/h3-6,15-16H,7-14H2,1-2H3/p+1/t15-,16-/m0/s1. The number of rotatable bonds is 4. The van der Waals surface area contributed by atoms with E-state index in [9.17, 15) is 17.6 Å². The normalized spacial score (nSPS) is 27.5. The Morgan fingerprint density at radius 3 is 2.19 bits per heavy atom. The molecule has 8 heteroatoms. The van der Waals surface area contributed by atoms with Gasteiger partial charge in [-0.2, -0.15) is 4.31 Å². The van der Waals surface area contributed by atoms with Crippen LogP contribution in [0.1, 0.15) is 20.3 Å². The van der Waals surface area contributed by atoms with Crippen LogP contribution < -0.4 is 4.90 Å². The van der Waals surface area contributed by atoms with Crippen LogP contribution in [0.25, 0.3) is 0 Å². The maximum Gasteiger partial charge on any atom is 0.277 e. The second kappa shape index (κ2) is 8.24. The van der Waals surface area contributed by atoms with Gasteiger partial charge >= 0.3 is 0 Å². The van der Waals surface area contributed by atoms with Crippen LogP contribution in [-0.4, -0.2) is 69.3 Å². The summed E-state index contributed by atoms with van der Waals surface area (Å²) in [4.78, 5) is 15.8. The fraction of sp³-hybridized carbons (Fsp3) is 0.632. The summed E-state index contributed by atoms with van der Waals surface area (Å²) in [6, 6.07) is 4.86. The van der Waals surface area contributed by atoms with Crippen LogP contribution in [0, 0.1) is 17.7 Å². The minimum atomic E-state index is -3.65. The summed E-state index contributed by atoms with van der Waals surface area (Å²) in [5.74, 6) is 0.904. The zero-order chi connectivity index (χ0) is 19.6. The number of piperidine rings is 1. The topological polar surface area (TPSA) is 62.1 Å². The number of hydrogen-bond donors (Lipinski definition) is 1. The molecule has 2 saturated heterocycles. The summed E-state index contributed by atoms with van der Waals surface area (Å²) in [5, 5.41) is 0. The van der Waals surface area contributed by atoms with Crippen molar-refractivity contribution in [2.24, 2.45) is 11.8 Å². The fourth-order valence-electron chi connectivity index (χ4n) is 4.33. The Bertz CT molecular complexity index is 751. The quantitative estimate of drug-likeness (QED) is 0.789. The first kappa shape index (κ1) is 20.2. The number of piperazine rings is 1. The number of nitrogens with one attached hydrogen (secondary N) is 1. The third-order valence-corrected chi connectivity index (χ3v) is 7.44. The third-order valence-electron chi connectivity index (χ3n) is 5.52. The number of hydrogen-bond acceptors (Lipinski definition) is 3. The molecule has 2 aliphatic rings. The van der Waals surface area contributed by atoms with Crippen molar-refractivity contribution in [1.29, 1.82) is 0 Å². The van der Waals surface area contributed by atoms with Gasteiger partial charge in [-0.25, -0.2) is 12.8 Å². The molecule has 2 heterocycles. The first-order valence-corrected chi connectivity index (χ1v) is 11.1. The summed E-state index contributed by atoms with van der Waals surface area (Å²) in [7, 11) is -3.65. The zero-order valence-electron chi connectivity index (χ0n) is 16.0. The van der Waals surface area contributed by atoms with E-state index in [1.165, 1.54) is 27.8 Å². The Balaban J connectivity index is 1.55. The largest absolute Gasteiger partial charge is 0.335 e. The first-order valence-electron chi connectivity index (χ1n) is 9.62. The molecule has 1 amide bonds. The van der Waals surface area contributed by atoms with E-state index in [1.807, 2.05) is 0 Å². The van der Waals surface area contributed by atoms with Crippen molar-refractivity contribution in [2.45, 2.75) is 25.2 Å². The van der Waals surface area contributed by atoms with Gasteiger partial charge in [0.25, 0.3) is 5.91 Å². The lowest BCUT2D eigenvalue weighted by Gasteiger charge is -2.36. The van der Waals surface area contributed by atoms with Crippen LogP contribution in [0.2, 0.25) is 0 Å². The van der Waals surface area contributed by atoms with Crippen molar-refractivity contribution in [1.82, 2.24) is 9.21 Å². The van der Waals surface area contributed by atoms with Crippen molar-refractivity contribution in [3.8, 4) is 0 Å². The molecular formula is C19H29FN3O3S+. The second-order valence-electron chi connectivity index (χ2n) is 8.02. The van der Waals surface area contributed by atoms with Gasteiger partial charge in [0, 0.05) is 38.0 Å². The number of carbonyl (C=O) groups is 1. The van der Waals surface area contributed by atoms with Crippen LogP contribution in [-0.2, 0) is 14.8 Å². The molecule has 0 saturated carbocycles. The Morgan fingerprint density at radius 1 is 1.07 bits per heavy atom. The maximum absolute atomic E-state index is 13.0. The first-order chi connectivity index (χ1) is 12.8. The highest BCUT2D eigenvalue weighted by Crippen LogP contribution is 2.18. The van der Waals surface area contributed by atoms with E-state index in [2.05, 4.69) is 13.8 Å². The molecular weight excluding hydrogens is 369 g/mol. The highest BCUT2D eigenvalue weighted by atomic mass is 32.2. The smallest absolute Gasteiger partial charge is 0.277 e. The molecule has 150 valence electrons. The highest BCUT2D eigenvalue weighted by molar-refractivity contribution is 7.89. The van der Waals surface area contributed by atoms with Gasteiger partial charge in [0.1, 0.15) is 5.82 Å². The summed E-state index contributed by atoms with van der Waals surface area (Å²) in [6.07, 6.45) is 1.22. The van der Waals surface area contributed by atoms with Gasteiger partial charge in [-0.1, -0.05) is 13.8 Å². The molecule has 1 N–H and O–H groups in total. The number of sulfonamides is 1. The van der Waals surface area contributed by atoms with Crippen LogP contribution >= 0.6 is 0 Å². The molecule has 2 atom stereocenters. The molecule has 6 nitrogen and oxygen atoms in total. The minimum Gasteiger partial charge on any atom is -0.335 e. The van der Waals surface area contributed by atoms with Crippen LogP contribution in [0.15, 0.2) is 29.2 Å². The van der Waals surface area contributed by atoms with E-state index in [0.717, 1.165) is 25.2 Å². The van der Waals surface area contributed by atoms with E-state index in [0.29, 0.717) is 31.5 Å². The Kier molecular flexibility index (Phi) is 6.18. The minimum absolute atomic E-state index is 0.0874. The van der Waals surface area contributed by atoms with Gasteiger partial charge < -0.3 is 9.80 Å². The number of nitrogens with zero attached hydrogens (tertiary/aromatic N) is 2. The highest BCUT2D eigenvalue weighted by Gasteiger charge is 2.32. The van der Waals surface area contributed by atoms with Crippen LogP contribution in [0.4, 0.5) is 4.39 Å². The monoisotopic (exact) mass is 398 g/mol. The predicted octanol–water partition coefficient (Wildman–Crippen LogP) is 0.219. The van der Waals surface area contributed by atoms with E-state index in [-0.39, 0.29) is 23.9 Å². The van der Waals surface area contributed by atoms with E-state index in [4.69, 9.17) is 0 Å². The van der Waals surface area contributed by atoms with Gasteiger partial charge in [0.05, 0.1) is 18.0 Å². The number of benzene rings is 1. The van der Waals surface area contributed by atoms with Crippen LogP contribution in [0.3, 0.4) is 0 Å². The van der Waals surface area contributed by atoms with Crippen molar-refractivity contribution < 1.29 is 22.5 Å². The van der Waals surface area contributed by atoms with E-state index in [1.54, 1.807) is 4.90 Å². The zero-order valence-corrected chi connectivity index (χ0v) is 16.8. The molecule has 0 aliphatic carbocycles. The van der Waals surface area contributed by atoms with Gasteiger partial charge in [-0.05, 0) is 30.7 Å². The molecule has 3 rings (SSSR count). The molecule has 0 aromatic heterocycles. The summed E-state index contributed by atoms with van der Waals surface area (Å²) in [5.41, 5.74) is 0. The van der Waals surface area contributed by atoms with Crippen molar-refractivity contribution in [2.75, 3.05) is 45.8 Å². The molecule has 1 aromatic rings. The summed E-state index contributed by atoms with van der Waals surface area (Å²) >= 11 is 0. The number of quaternary nitrogens is 1. The summed E-state index contributed by atoms with van der Waals surface area (Å²) < 4.78 is 39.7. The number of carbonyl (C=O) groups excluding carboxylic acids is 1. The lowest BCUT2D eigenvalue weighted by Crippen LogP contribution is -3.15. The van der Waals surface area contributed by atoms with Gasteiger partial charge in [0.2, 0.25) is 10.0 Å². The summed E-state index contributed by atoms with van der Waals surface area (Å²) in [6.45, 7) is 8.35. The second-order valence-corrected chi connectivity index (χ2v) is 9.96. The van der Waals surface area contributed by atoms with E-state index >= 15 is 0 Å². The number of amides is 1. The fourth-order valence-corrected chi connectivity index (χ4v) is 5.75. The average molecular weight is 399 g/mol. The van der Waals surface area contributed by atoms with Gasteiger partial charge in [-0.3, -0.25) is 4.79 Å². The molecule has 27 heavy (non-hydrogen) atoms. The molecule has 0 bridgehead atoms. The lowest BCUT2D eigenvalue weighted by atomic mass is 9.92. The Morgan fingerprint density at radius 2 is 1.63 bits per heavy atom. The molecule has 0 radical (unpaired) electrons. The van der Waals surface area contributed by atoms with Crippen LogP contribution in [0.5, 0.6) is 0 Å². The maximum atomic E-state index is 13.0. The predicted molar refractivity (Wildman–Crippen MR) is 100 cm³/mol. The number of halogens is 1.